The van der Waals surface area contributed by atoms with E-state index in [1.165, 1.54) is 18.4 Å². The molecule has 2 rings (SSSR count). The van der Waals surface area contributed by atoms with Gasteiger partial charge in [0.1, 0.15) is 5.82 Å². The van der Waals surface area contributed by atoms with Crippen LogP contribution in [0.5, 0.6) is 0 Å². The Kier molecular flexibility index (Phi) is 4.28. The summed E-state index contributed by atoms with van der Waals surface area (Å²) in [5.41, 5.74) is 1.41. The zero-order chi connectivity index (χ0) is 13.2. The van der Waals surface area contributed by atoms with Crippen molar-refractivity contribution in [3.8, 4) is 0 Å². The molecule has 0 aliphatic carbocycles. The van der Waals surface area contributed by atoms with Crippen molar-refractivity contribution < 1.29 is 0 Å². The Labute approximate surface area is 118 Å². The molecule has 1 aliphatic heterocycles. The van der Waals surface area contributed by atoms with Crippen molar-refractivity contribution in [1.82, 2.24) is 10.3 Å². The molecule has 2 heterocycles. The second-order valence-electron chi connectivity index (χ2n) is 5.93. The topological polar surface area (TPSA) is 28.2 Å². The van der Waals surface area contributed by atoms with Crippen LogP contribution in [0.2, 0.25) is 0 Å². The van der Waals surface area contributed by atoms with Gasteiger partial charge in [0.25, 0.3) is 0 Å². The smallest absolute Gasteiger partial charge is 0.133 e. The summed E-state index contributed by atoms with van der Waals surface area (Å²) in [6.07, 6.45) is 4.46. The molecule has 18 heavy (non-hydrogen) atoms. The van der Waals surface area contributed by atoms with Crippen LogP contribution < -0.4 is 10.2 Å². The minimum Gasteiger partial charge on any atom is -0.356 e. The standard InChI is InChI=1S/C14H22BrN3/c1-14(2,3)17-9-11-8-12(15)10-16-13(11)18-6-4-5-7-18/h8,10,17H,4-7,9H2,1-3H3. The second-order valence-corrected chi connectivity index (χ2v) is 6.85. The van der Waals surface area contributed by atoms with Crippen molar-refractivity contribution in [1.29, 1.82) is 0 Å². The molecule has 0 saturated carbocycles. The quantitative estimate of drug-likeness (QED) is 0.928. The van der Waals surface area contributed by atoms with Crippen LogP contribution in [-0.2, 0) is 6.54 Å². The third-order valence-electron chi connectivity index (χ3n) is 3.12. The van der Waals surface area contributed by atoms with E-state index in [-0.39, 0.29) is 5.54 Å². The Balaban J connectivity index is 2.17. The molecule has 0 aromatic carbocycles. The summed E-state index contributed by atoms with van der Waals surface area (Å²) in [6.45, 7) is 9.70. The molecule has 0 spiro atoms. The van der Waals surface area contributed by atoms with Gasteiger partial charge in [-0.3, -0.25) is 0 Å². The maximum atomic E-state index is 4.60. The molecule has 1 aromatic heterocycles. The summed E-state index contributed by atoms with van der Waals surface area (Å²) in [6, 6.07) is 2.18. The number of pyridine rings is 1. The Morgan fingerprint density at radius 1 is 1.33 bits per heavy atom. The average molecular weight is 312 g/mol. The van der Waals surface area contributed by atoms with Gasteiger partial charge in [-0.1, -0.05) is 0 Å². The third-order valence-corrected chi connectivity index (χ3v) is 3.56. The average Bonchev–Trinajstić information content (AvgIpc) is 2.79. The summed E-state index contributed by atoms with van der Waals surface area (Å²) in [7, 11) is 0. The largest absolute Gasteiger partial charge is 0.356 e. The Hall–Kier alpha value is -0.610. The lowest BCUT2D eigenvalue weighted by molar-refractivity contribution is 0.424. The fourth-order valence-corrected chi connectivity index (χ4v) is 2.56. The minimum atomic E-state index is 0.130. The van der Waals surface area contributed by atoms with Crippen LogP contribution in [0, 0.1) is 0 Å². The lowest BCUT2D eigenvalue weighted by Gasteiger charge is -2.24. The Morgan fingerprint density at radius 3 is 2.61 bits per heavy atom. The monoisotopic (exact) mass is 311 g/mol. The highest BCUT2D eigenvalue weighted by Gasteiger charge is 2.18. The second kappa shape index (κ2) is 5.57. The van der Waals surface area contributed by atoms with Crippen LogP contribution in [0.1, 0.15) is 39.2 Å². The number of aromatic nitrogens is 1. The molecule has 1 aliphatic rings. The predicted octanol–water partition coefficient (Wildman–Crippen LogP) is 3.33. The molecule has 0 amide bonds. The fourth-order valence-electron chi connectivity index (χ4n) is 2.18. The number of nitrogens with zero attached hydrogens (tertiary/aromatic N) is 2. The normalized spacial score (nSPS) is 16.3. The number of anilines is 1. The van der Waals surface area contributed by atoms with E-state index in [2.05, 4.69) is 58.0 Å². The van der Waals surface area contributed by atoms with Gasteiger partial charge in [-0.05, 0) is 55.6 Å². The van der Waals surface area contributed by atoms with Crippen molar-refractivity contribution >= 4 is 21.7 Å². The number of hydrogen-bond acceptors (Lipinski definition) is 3. The number of rotatable bonds is 3. The molecule has 0 bridgehead atoms. The molecule has 0 radical (unpaired) electrons. The van der Waals surface area contributed by atoms with E-state index in [9.17, 15) is 0 Å². The molecule has 3 nitrogen and oxygen atoms in total. The lowest BCUT2D eigenvalue weighted by Crippen LogP contribution is -2.35. The van der Waals surface area contributed by atoms with E-state index in [0.29, 0.717) is 0 Å². The molecule has 0 atom stereocenters. The summed E-state index contributed by atoms with van der Waals surface area (Å²) >= 11 is 3.52. The molecule has 1 N–H and O–H groups in total. The van der Waals surface area contributed by atoms with Gasteiger partial charge in [0, 0.05) is 41.4 Å². The minimum absolute atomic E-state index is 0.130. The summed E-state index contributed by atoms with van der Waals surface area (Å²) < 4.78 is 1.05. The highest BCUT2D eigenvalue weighted by atomic mass is 79.9. The molecule has 0 unspecified atom stereocenters. The van der Waals surface area contributed by atoms with Crippen molar-refractivity contribution in [3.63, 3.8) is 0 Å². The van der Waals surface area contributed by atoms with E-state index >= 15 is 0 Å². The number of nitrogens with one attached hydrogen (secondary N) is 1. The maximum Gasteiger partial charge on any atom is 0.133 e. The van der Waals surface area contributed by atoms with Gasteiger partial charge < -0.3 is 10.2 Å². The first-order valence-corrected chi connectivity index (χ1v) is 7.39. The van der Waals surface area contributed by atoms with Gasteiger partial charge in [-0.15, -0.1) is 0 Å². The molecule has 100 valence electrons. The van der Waals surface area contributed by atoms with Gasteiger partial charge in [-0.25, -0.2) is 4.98 Å². The highest BCUT2D eigenvalue weighted by Crippen LogP contribution is 2.25. The first kappa shape index (κ1) is 13.8. The van der Waals surface area contributed by atoms with E-state index in [0.717, 1.165) is 29.9 Å². The van der Waals surface area contributed by atoms with Crippen LogP contribution in [0.15, 0.2) is 16.7 Å². The van der Waals surface area contributed by atoms with E-state index in [1.807, 2.05) is 6.20 Å². The summed E-state index contributed by atoms with van der Waals surface area (Å²) in [5, 5.41) is 3.54. The van der Waals surface area contributed by atoms with Gasteiger partial charge in [0.2, 0.25) is 0 Å². The predicted molar refractivity (Wildman–Crippen MR) is 80.0 cm³/mol. The molecular formula is C14H22BrN3. The molecule has 1 fully saturated rings. The van der Waals surface area contributed by atoms with Gasteiger partial charge in [-0.2, -0.15) is 0 Å². The van der Waals surface area contributed by atoms with Crippen molar-refractivity contribution in [2.75, 3.05) is 18.0 Å². The summed E-state index contributed by atoms with van der Waals surface area (Å²) in [5.74, 6) is 1.15. The zero-order valence-corrected chi connectivity index (χ0v) is 13.0. The zero-order valence-electron chi connectivity index (χ0n) is 11.5. The molecule has 1 saturated heterocycles. The van der Waals surface area contributed by atoms with Gasteiger partial charge in [0.05, 0.1) is 0 Å². The first-order valence-electron chi connectivity index (χ1n) is 6.60. The van der Waals surface area contributed by atoms with E-state index < -0.39 is 0 Å². The van der Waals surface area contributed by atoms with Crippen LogP contribution in [0.4, 0.5) is 5.82 Å². The fraction of sp³-hybridized carbons (Fsp3) is 0.643. The lowest BCUT2D eigenvalue weighted by atomic mass is 10.1. The number of halogens is 1. The molecule has 4 heteroatoms. The first-order chi connectivity index (χ1) is 8.46. The van der Waals surface area contributed by atoms with Crippen LogP contribution in [0.25, 0.3) is 0 Å². The SMILES string of the molecule is CC(C)(C)NCc1cc(Br)cnc1N1CCCC1. The third kappa shape index (κ3) is 3.69. The Bertz CT molecular complexity index is 406. The van der Waals surface area contributed by atoms with E-state index in [4.69, 9.17) is 0 Å². The highest BCUT2D eigenvalue weighted by molar-refractivity contribution is 9.10. The van der Waals surface area contributed by atoms with Crippen LogP contribution in [-0.4, -0.2) is 23.6 Å². The summed E-state index contributed by atoms with van der Waals surface area (Å²) in [4.78, 5) is 6.99. The molecule has 1 aromatic rings. The van der Waals surface area contributed by atoms with Crippen LogP contribution in [0.3, 0.4) is 0 Å². The Morgan fingerprint density at radius 2 is 2.00 bits per heavy atom. The van der Waals surface area contributed by atoms with Crippen molar-refractivity contribution in [3.05, 3.63) is 22.3 Å². The molecular weight excluding hydrogens is 290 g/mol. The maximum absolute atomic E-state index is 4.60. The van der Waals surface area contributed by atoms with Gasteiger partial charge >= 0.3 is 0 Å². The van der Waals surface area contributed by atoms with Crippen LogP contribution >= 0.6 is 15.9 Å². The number of hydrogen-bond donors (Lipinski definition) is 1. The van der Waals surface area contributed by atoms with Crippen molar-refractivity contribution in [2.24, 2.45) is 0 Å². The van der Waals surface area contributed by atoms with E-state index in [1.54, 1.807) is 0 Å². The van der Waals surface area contributed by atoms with Crippen molar-refractivity contribution in [2.45, 2.75) is 45.7 Å². The van der Waals surface area contributed by atoms with Gasteiger partial charge in [0.15, 0.2) is 0 Å².